The highest BCUT2D eigenvalue weighted by atomic mass is 32.2. The first-order valence-electron chi connectivity index (χ1n) is 8.50. The number of methoxy groups -OCH3 is 1. The third-order valence-corrected chi connectivity index (χ3v) is 5.49. The lowest BCUT2D eigenvalue weighted by Crippen LogP contribution is -2.01. The average molecular weight is 370 g/mol. The van der Waals surface area contributed by atoms with E-state index in [1.54, 1.807) is 19.2 Å². The van der Waals surface area contributed by atoms with Gasteiger partial charge in [-0.2, -0.15) is 8.42 Å². The van der Waals surface area contributed by atoms with Crippen molar-refractivity contribution in [3.63, 3.8) is 0 Å². The van der Waals surface area contributed by atoms with Crippen LogP contribution in [0.4, 0.5) is 0 Å². The fraction of sp³-hybridized carbons (Fsp3) is 0.238. The van der Waals surface area contributed by atoms with E-state index >= 15 is 0 Å². The summed E-state index contributed by atoms with van der Waals surface area (Å²) in [5, 5.41) is 2.32. The van der Waals surface area contributed by atoms with Gasteiger partial charge in [0.05, 0.1) is 12.0 Å². The number of fused-ring (bicyclic) bond motifs is 1. The summed E-state index contributed by atoms with van der Waals surface area (Å²) >= 11 is 0. The van der Waals surface area contributed by atoms with Crippen LogP contribution in [0.2, 0.25) is 0 Å². The Morgan fingerprint density at radius 3 is 2.38 bits per heavy atom. The largest absolute Gasteiger partial charge is 0.497 e. The molecule has 0 aliphatic carbocycles. The van der Waals surface area contributed by atoms with Crippen LogP contribution in [0.25, 0.3) is 10.8 Å². The zero-order valence-corrected chi connectivity index (χ0v) is 15.7. The van der Waals surface area contributed by atoms with Crippen LogP contribution in [0, 0.1) is 6.92 Å². The molecule has 3 aromatic rings. The van der Waals surface area contributed by atoms with Crippen LogP contribution in [-0.4, -0.2) is 20.1 Å². The van der Waals surface area contributed by atoms with Gasteiger partial charge in [0.15, 0.2) is 0 Å². The molecule has 0 aromatic heterocycles. The lowest BCUT2D eigenvalue weighted by atomic mass is 9.99. The molecule has 0 aliphatic rings. The minimum atomic E-state index is -4.16. The van der Waals surface area contributed by atoms with E-state index in [2.05, 4.69) is 24.3 Å². The molecule has 5 heteroatoms. The van der Waals surface area contributed by atoms with Crippen molar-refractivity contribution in [2.75, 3.05) is 7.11 Å². The van der Waals surface area contributed by atoms with E-state index in [4.69, 9.17) is 4.74 Å². The van der Waals surface area contributed by atoms with Gasteiger partial charge in [-0.25, -0.2) is 0 Å². The van der Waals surface area contributed by atoms with Gasteiger partial charge in [0.25, 0.3) is 10.1 Å². The van der Waals surface area contributed by atoms with Gasteiger partial charge in [-0.1, -0.05) is 30.3 Å². The Morgan fingerprint density at radius 1 is 0.923 bits per heavy atom. The van der Waals surface area contributed by atoms with Crippen LogP contribution < -0.4 is 4.74 Å². The zero-order chi connectivity index (χ0) is 18.7. The average Bonchev–Trinajstić information content (AvgIpc) is 2.61. The predicted molar refractivity (Wildman–Crippen MR) is 104 cm³/mol. The molecule has 0 spiro atoms. The van der Waals surface area contributed by atoms with Crippen LogP contribution in [0.1, 0.15) is 23.1 Å². The van der Waals surface area contributed by atoms with Gasteiger partial charge in [0.1, 0.15) is 5.75 Å². The number of benzene rings is 3. The molecule has 0 fully saturated rings. The summed E-state index contributed by atoms with van der Waals surface area (Å²) in [7, 11) is -2.50. The number of aryl methyl sites for hydroxylation is 3. The number of ether oxygens (including phenoxy) is 1. The van der Waals surface area contributed by atoms with Crippen molar-refractivity contribution < 1.29 is 17.7 Å². The maximum Gasteiger partial charge on any atom is 0.294 e. The van der Waals surface area contributed by atoms with E-state index in [-0.39, 0.29) is 4.90 Å². The smallest absolute Gasteiger partial charge is 0.294 e. The van der Waals surface area contributed by atoms with Gasteiger partial charge >= 0.3 is 0 Å². The Morgan fingerprint density at radius 2 is 1.65 bits per heavy atom. The molecular formula is C21H22O4S. The normalized spacial score (nSPS) is 11.7. The molecule has 26 heavy (non-hydrogen) atoms. The molecule has 0 atom stereocenters. The Hall–Kier alpha value is -2.37. The molecule has 1 N–H and O–H groups in total. The van der Waals surface area contributed by atoms with Crippen molar-refractivity contribution in [1.82, 2.24) is 0 Å². The van der Waals surface area contributed by atoms with Crippen LogP contribution >= 0.6 is 0 Å². The quantitative estimate of drug-likeness (QED) is 0.645. The lowest BCUT2D eigenvalue weighted by molar-refractivity contribution is 0.415. The molecule has 0 heterocycles. The van der Waals surface area contributed by atoms with Crippen molar-refractivity contribution in [2.24, 2.45) is 0 Å². The highest BCUT2D eigenvalue weighted by molar-refractivity contribution is 7.85. The SMILES string of the molecule is COc1ccc2cc(CCCc3cc(S(=O)(=O)O)ccc3C)ccc2c1. The van der Waals surface area contributed by atoms with Gasteiger partial charge in [0.2, 0.25) is 0 Å². The molecule has 3 aromatic carbocycles. The second-order valence-electron chi connectivity index (χ2n) is 6.46. The summed E-state index contributed by atoms with van der Waals surface area (Å²) in [4.78, 5) is -0.0437. The first-order chi connectivity index (χ1) is 12.4. The van der Waals surface area contributed by atoms with Gasteiger partial charge in [0, 0.05) is 0 Å². The molecule has 0 aliphatic heterocycles. The second kappa shape index (κ2) is 7.48. The van der Waals surface area contributed by atoms with Crippen LogP contribution in [-0.2, 0) is 23.0 Å². The van der Waals surface area contributed by atoms with E-state index < -0.39 is 10.1 Å². The van der Waals surface area contributed by atoms with Gasteiger partial charge in [-0.15, -0.1) is 0 Å². The van der Waals surface area contributed by atoms with Crippen molar-refractivity contribution in [3.05, 3.63) is 71.3 Å². The highest BCUT2D eigenvalue weighted by Gasteiger charge is 2.11. The van der Waals surface area contributed by atoms with E-state index in [1.165, 1.54) is 17.0 Å². The van der Waals surface area contributed by atoms with Gasteiger partial charge in [-0.3, -0.25) is 4.55 Å². The fourth-order valence-electron chi connectivity index (χ4n) is 3.12. The fourth-order valence-corrected chi connectivity index (χ4v) is 3.65. The first kappa shape index (κ1) is 18.4. The summed E-state index contributed by atoms with van der Waals surface area (Å²) in [6.07, 6.45) is 2.56. The molecular weight excluding hydrogens is 348 g/mol. The standard InChI is InChI=1S/C21H22O4S/c1-15-6-11-21(26(22,23)24)14-17(15)5-3-4-16-7-8-19-13-20(25-2)10-9-18(19)12-16/h6-14H,3-5H2,1-2H3,(H,22,23,24). The maximum atomic E-state index is 11.3. The number of hydrogen-bond donors (Lipinski definition) is 1. The minimum Gasteiger partial charge on any atom is -0.497 e. The molecule has 0 bridgehead atoms. The van der Waals surface area contributed by atoms with Crippen LogP contribution in [0.3, 0.4) is 0 Å². The number of rotatable bonds is 6. The van der Waals surface area contributed by atoms with Crippen molar-refractivity contribution in [2.45, 2.75) is 31.1 Å². The Kier molecular flexibility index (Phi) is 5.30. The zero-order valence-electron chi connectivity index (χ0n) is 14.9. The molecule has 0 amide bonds. The summed E-state index contributed by atoms with van der Waals surface area (Å²) in [5.41, 5.74) is 3.22. The Labute approximate surface area is 154 Å². The van der Waals surface area contributed by atoms with Crippen molar-refractivity contribution in [1.29, 1.82) is 0 Å². The molecule has 136 valence electrons. The van der Waals surface area contributed by atoms with Crippen molar-refractivity contribution in [3.8, 4) is 5.75 Å². The molecule has 4 nitrogen and oxygen atoms in total. The van der Waals surface area contributed by atoms with Gasteiger partial charge in [-0.05, 0) is 77.9 Å². The predicted octanol–water partition coefficient (Wildman–Crippen LogP) is 4.58. The van der Waals surface area contributed by atoms with Crippen LogP contribution in [0.5, 0.6) is 5.75 Å². The maximum absolute atomic E-state index is 11.3. The highest BCUT2D eigenvalue weighted by Crippen LogP contribution is 2.23. The summed E-state index contributed by atoms with van der Waals surface area (Å²) in [6.45, 7) is 1.95. The lowest BCUT2D eigenvalue weighted by Gasteiger charge is -2.09. The third kappa shape index (κ3) is 4.23. The van der Waals surface area contributed by atoms with Gasteiger partial charge < -0.3 is 4.74 Å². The number of hydrogen-bond acceptors (Lipinski definition) is 3. The third-order valence-electron chi connectivity index (χ3n) is 4.64. The second-order valence-corrected chi connectivity index (χ2v) is 7.89. The topological polar surface area (TPSA) is 63.6 Å². The molecule has 0 radical (unpaired) electrons. The van der Waals surface area contributed by atoms with E-state index in [0.29, 0.717) is 0 Å². The van der Waals surface area contributed by atoms with Crippen molar-refractivity contribution >= 4 is 20.9 Å². The molecule has 0 saturated heterocycles. The van der Waals surface area contributed by atoms with E-state index in [1.807, 2.05) is 19.1 Å². The Balaban J connectivity index is 1.71. The van der Waals surface area contributed by atoms with E-state index in [9.17, 15) is 13.0 Å². The minimum absolute atomic E-state index is 0.0437. The molecule has 0 unspecified atom stereocenters. The monoisotopic (exact) mass is 370 g/mol. The van der Waals surface area contributed by atoms with Crippen LogP contribution in [0.15, 0.2) is 59.5 Å². The van der Waals surface area contributed by atoms with E-state index in [0.717, 1.165) is 41.5 Å². The summed E-state index contributed by atoms with van der Waals surface area (Å²) in [5.74, 6) is 0.847. The molecule has 3 rings (SSSR count). The summed E-state index contributed by atoms with van der Waals surface area (Å²) < 4.78 is 37.1. The molecule has 0 saturated carbocycles. The first-order valence-corrected chi connectivity index (χ1v) is 9.94. The Bertz CT molecular complexity index is 1040. The summed E-state index contributed by atoms with van der Waals surface area (Å²) in [6, 6.07) is 17.2.